The summed E-state index contributed by atoms with van der Waals surface area (Å²) in [5.74, 6) is 0.139. The van der Waals surface area contributed by atoms with Crippen molar-refractivity contribution in [2.24, 2.45) is 0 Å². The van der Waals surface area contributed by atoms with Crippen LogP contribution in [0.4, 0.5) is 0 Å². The summed E-state index contributed by atoms with van der Waals surface area (Å²) >= 11 is 5.87. The molecule has 0 aromatic heterocycles. The lowest BCUT2D eigenvalue weighted by Gasteiger charge is -2.10. The molecule has 14 heavy (non-hydrogen) atoms. The van der Waals surface area contributed by atoms with Gasteiger partial charge in [0.15, 0.2) is 0 Å². The molecule has 0 bridgehead atoms. The van der Waals surface area contributed by atoms with Gasteiger partial charge in [0.2, 0.25) is 0 Å². The molecular weight excluding hydrogens is 198 g/mol. The number of aryl methyl sites for hydroxylation is 2. The zero-order valence-electron chi connectivity index (χ0n) is 8.26. The maximum Gasteiger partial charge on any atom is 0.137 e. The third-order valence-electron chi connectivity index (χ3n) is 2.29. The lowest BCUT2D eigenvalue weighted by Crippen LogP contribution is -1.92. The van der Waals surface area contributed by atoms with Gasteiger partial charge in [0.05, 0.1) is 11.1 Å². The minimum atomic E-state index is 0.139. The Morgan fingerprint density at radius 3 is 2.71 bits per heavy atom. The summed E-state index contributed by atoms with van der Waals surface area (Å²) in [7, 11) is 0. The Labute approximate surface area is 88.7 Å². The van der Waals surface area contributed by atoms with Crippen molar-refractivity contribution >= 4 is 11.6 Å². The number of benzene rings is 1. The van der Waals surface area contributed by atoms with Crippen molar-refractivity contribution < 1.29 is 5.11 Å². The molecule has 2 nitrogen and oxygen atoms in total. The van der Waals surface area contributed by atoms with Crippen molar-refractivity contribution in [1.29, 1.82) is 5.26 Å². The molecular formula is C11H12ClNO. The van der Waals surface area contributed by atoms with Gasteiger partial charge in [0.25, 0.3) is 0 Å². The summed E-state index contributed by atoms with van der Waals surface area (Å²) in [6, 6.07) is 4.01. The number of halogens is 1. The highest BCUT2D eigenvalue weighted by Gasteiger charge is 2.10. The second-order valence-electron chi connectivity index (χ2n) is 3.30. The van der Waals surface area contributed by atoms with Crippen LogP contribution in [0.2, 0.25) is 5.02 Å². The van der Waals surface area contributed by atoms with E-state index in [0.29, 0.717) is 17.9 Å². The number of aromatic hydroxyl groups is 1. The van der Waals surface area contributed by atoms with Crippen LogP contribution in [0.15, 0.2) is 6.07 Å². The van der Waals surface area contributed by atoms with Crippen LogP contribution in [0.25, 0.3) is 0 Å². The number of phenols is 1. The van der Waals surface area contributed by atoms with Gasteiger partial charge in [-0.2, -0.15) is 5.26 Å². The number of phenolic OH excluding ortho intramolecular Hbond substituents is 1. The van der Waals surface area contributed by atoms with E-state index < -0.39 is 0 Å². The monoisotopic (exact) mass is 209 g/mol. The molecule has 0 saturated heterocycles. The summed E-state index contributed by atoms with van der Waals surface area (Å²) in [6.07, 6.45) is 1.12. The van der Waals surface area contributed by atoms with Gasteiger partial charge in [-0.15, -0.1) is 0 Å². The van der Waals surface area contributed by atoms with E-state index in [2.05, 4.69) is 6.07 Å². The van der Waals surface area contributed by atoms with E-state index in [1.54, 1.807) is 0 Å². The molecule has 0 saturated carbocycles. The first-order chi connectivity index (χ1) is 6.57. The van der Waals surface area contributed by atoms with Gasteiger partial charge >= 0.3 is 0 Å². The van der Waals surface area contributed by atoms with Crippen LogP contribution in [0, 0.1) is 25.2 Å². The van der Waals surface area contributed by atoms with Crippen molar-refractivity contribution in [3.63, 3.8) is 0 Å². The highest BCUT2D eigenvalue weighted by Crippen LogP contribution is 2.33. The molecule has 0 aliphatic heterocycles. The number of hydrogen-bond donors (Lipinski definition) is 1. The van der Waals surface area contributed by atoms with Crippen molar-refractivity contribution in [2.45, 2.75) is 26.7 Å². The first kappa shape index (κ1) is 10.9. The molecule has 3 heteroatoms. The predicted octanol–water partition coefficient (Wildman–Crippen LogP) is 3.12. The molecule has 0 heterocycles. The van der Waals surface area contributed by atoms with Gasteiger partial charge in [-0.05, 0) is 37.0 Å². The molecule has 74 valence electrons. The molecule has 0 fully saturated rings. The standard InChI is InChI=1S/C11H12ClNO/c1-7-6-9(4-3-5-13)8(2)11(14)10(7)12/h6,14H,3-4H2,1-2H3. The normalized spacial score (nSPS) is 9.86. The molecule has 0 atom stereocenters. The lowest BCUT2D eigenvalue weighted by molar-refractivity contribution is 0.470. The zero-order valence-corrected chi connectivity index (χ0v) is 9.02. The second-order valence-corrected chi connectivity index (χ2v) is 3.68. The summed E-state index contributed by atoms with van der Waals surface area (Å²) < 4.78 is 0. The van der Waals surface area contributed by atoms with E-state index in [1.807, 2.05) is 19.9 Å². The van der Waals surface area contributed by atoms with Crippen LogP contribution in [-0.4, -0.2) is 5.11 Å². The van der Waals surface area contributed by atoms with Gasteiger partial charge in [0, 0.05) is 6.42 Å². The fraction of sp³-hybridized carbons (Fsp3) is 0.364. The van der Waals surface area contributed by atoms with Crippen LogP contribution in [-0.2, 0) is 6.42 Å². The lowest BCUT2D eigenvalue weighted by atomic mass is 10.0. The Morgan fingerprint density at radius 1 is 1.50 bits per heavy atom. The quantitative estimate of drug-likeness (QED) is 0.814. The van der Waals surface area contributed by atoms with Crippen molar-refractivity contribution in [3.05, 3.63) is 27.8 Å². The minimum Gasteiger partial charge on any atom is -0.506 e. The van der Waals surface area contributed by atoms with Gasteiger partial charge in [-0.1, -0.05) is 17.7 Å². The van der Waals surface area contributed by atoms with Gasteiger partial charge in [0.1, 0.15) is 5.75 Å². The highest BCUT2D eigenvalue weighted by molar-refractivity contribution is 6.32. The van der Waals surface area contributed by atoms with Gasteiger partial charge in [-0.3, -0.25) is 0 Å². The van der Waals surface area contributed by atoms with Crippen LogP contribution < -0.4 is 0 Å². The second kappa shape index (κ2) is 4.34. The third-order valence-corrected chi connectivity index (χ3v) is 2.76. The molecule has 1 aromatic carbocycles. The molecule has 0 aliphatic rings. The Kier molecular flexibility index (Phi) is 3.38. The van der Waals surface area contributed by atoms with E-state index in [9.17, 15) is 5.11 Å². The first-order valence-corrected chi connectivity index (χ1v) is 4.80. The Hall–Kier alpha value is -1.20. The van der Waals surface area contributed by atoms with Gasteiger partial charge in [-0.25, -0.2) is 0 Å². The number of hydrogen-bond acceptors (Lipinski definition) is 2. The topological polar surface area (TPSA) is 44.0 Å². The average molecular weight is 210 g/mol. The summed E-state index contributed by atoms with van der Waals surface area (Å²) in [5, 5.41) is 18.5. The summed E-state index contributed by atoms with van der Waals surface area (Å²) in [6.45, 7) is 3.66. The third kappa shape index (κ3) is 2.00. The van der Waals surface area contributed by atoms with Crippen LogP contribution in [0.5, 0.6) is 5.75 Å². The Morgan fingerprint density at radius 2 is 2.14 bits per heavy atom. The van der Waals surface area contributed by atoms with Crippen molar-refractivity contribution in [1.82, 2.24) is 0 Å². The van der Waals surface area contributed by atoms with E-state index in [1.165, 1.54) is 0 Å². The first-order valence-electron chi connectivity index (χ1n) is 4.42. The zero-order chi connectivity index (χ0) is 10.7. The van der Waals surface area contributed by atoms with Gasteiger partial charge < -0.3 is 5.11 Å². The van der Waals surface area contributed by atoms with Crippen molar-refractivity contribution in [3.8, 4) is 11.8 Å². The summed E-state index contributed by atoms with van der Waals surface area (Å²) in [4.78, 5) is 0. The molecule has 0 amide bonds. The summed E-state index contributed by atoms with van der Waals surface area (Å²) in [5.41, 5.74) is 2.62. The van der Waals surface area contributed by atoms with Crippen LogP contribution in [0.3, 0.4) is 0 Å². The smallest absolute Gasteiger partial charge is 0.137 e. The van der Waals surface area contributed by atoms with Crippen LogP contribution >= 0.6 is 11.6 Å². The Balaban J connectivity index is 3.14. The molecule has 0 unspecified atom stereocenters. The minimum absolute atomic E-state index is 0.139. The SMILES string of the molecule is Cc1cc(CCC#N)c(C)c(O)c1Cl. The fourth-order valence-corrected chi connectivity index (χ4v) is 1.58. The molecule has 0 radical (unpaired) electrons. The Bertz CT molecular complexity index is 393. The molecule has 0 spiro atoms. The molecule has 0 aliphatic carbocycles. The molecule has 1 aromatic rings. The molecule has 1 rings (SSSR count). The largest absolute Gasteiger partial charge is 0.506 e. The van der Waals surface area contributed by atoms with E-state index in [-0.39, 0.29) is 5.75 Å². The maximum absolute atomic E-state index is 9.65. The van der Waals surface area contributed by atoms with Crippen LogP contribution in [0.1, 0.15) is 23.1 Å². The fourth-order valence-electron chi connectivity index (χ4n) is 1.39. The molecule has 1 N–H and O–H groups in total. The van der Waals surface area contributed by atoms with E-state index >= 15 is 0 Å². The number of nitrogens with zero attached hydrogens (tertiary/aromatic N) is 1. The predicted molar refractivity (Wildman–Crippen MR) is 56.5 cm³/mol. The number of nitriles is 1. The van der Waals surface area contributed by atoms with Crippen molar-refractivity contribution in [2.75, 3.05) is 0 Å². The number of rotatable bonds is 2. The maximum atomic E-state index is 9.65. The highest BCUT2D eigenvalue weighted by atomic mass is 35.5. The van der Waals surface area contributed by atoms with E-state index in [4.69, 9.17) is 16.9 Å². The van der Waals surface area contributed by atoms with E-state index in [0.717, 1.165) is 16.7 Å². The average Bonchev–Trinajstić information content (AvgIpc) is 2.18.